The van der Waals surface area contributed by atoms with E-state index in [-0.39, 0.29) is 13.0 Å². The molecule has 0 saturated carbocycles. The fourth-order valence-corrected chi connectivity index (χ4v) is 3.54. The number of methoxy groups -OCH3 is 1. The van der Waals surface area contributed by atoms with Gasteiger partial charge in [-0.15, -0.1) is 0 Å². The second kappa shape index (κ2) is 7.99. The Labute approximate surface area is 178 Å². The van der Waals surface area contributed by atoms with Gasteiger partial charge in [-0.05, 0) is 41.1 Å². The van der Waals surface area contributed by atoms with E-state index in [0.717, 1.165) is 27.3 Å². The highest BCUT2D eigenvalue weighted by molar-refractivity contribution is 6.06. The second-order valence-corrected chi connectivity index (χ2v) is 7.12. The van der Waals surface area contributed by atoms with Crippen LogP contribution in [0.15, 0.2) is 81.8 Å². The molecule has 5 rings (SSSR count). The number of aromatic nitrogens is 1. The average molecular weight is 413 g/mol. The van der Waals surface area contributed by atoms with Gasteiger partial charge in [0, 0.05) is 10.9 Å². The number of oxazole rings is 1. The summed E-state index contributed by atoms with van der Waals surface area (Å²) in [6.07, 6.45) is 1.53. The van der Waals surface area contributed by atoms with Crippen LogP contribution in [0.2, 0.25) is 0 Å². The highest BCUT2D eigenvalue weighted by Crippen LogP contribution is 2.28. The standard InChI is InChI=1S/C25H19NO5/c1-28-19-7-4-6-17(11-19)25-26-18(15-30-25)14-29-24(27)13-20-12-22-21-8-3-2-5-16(21)9-10-23(22)31-20/h2-12,15H,13-14H2,1H3. The maximum Gasteiger partial charge on any atom is 0.313 e. The number of carbonyl (C=O) groups is 1. The van der Waals surface area contributed by atoms with E-state index < -0.39 is 5.97 Å². The van der Waals surface area contributed by atoms with Gasteiger partial charge in [-0.2, -0.15) is 0 Å². The van der Waals surface area contributed by atoms with E-state index >= 15 is 0 Å². The van der Waals surface area contributed by atoms with Crippen molar-refractivity contribution in [3.63, 3.8) is 0 Å². The molecular formula is C25H19NO5. The number of benzene rings is 3. The van der Waals surface area contributed by atoms with Crippen LogP contribution in [0.5, 0.6) is 5.75 Å². The van der Waals surface area contributed by atoms with Crippen LogP contribution >= 0.6 is 0 Å². The molecule has 0 radical (unpaired) electrons. The molecule has 2 aromatic heterocycles. The third-order valence-corrected chi connectivity index (χ3v) is 5.05. The zero-order chi connectivity index (χ0) is 21.2. The maximum atomic E-state index is 12.3. The molecule has 0 aliphatic carbocycles. The van der Waals surface area contributed by atoms with E-state index in [9.17, 15) is 4.79 Å². The Bertz CT molecular complexity index is 1380. The molecule has 6 nitrogen and oxygen atoms in total. The van der Waals surface area contributed by atoms with Gasteiger partial charge in [0.2, 0.25) is 5.89 Å². The van der Waals surface area contributed by atoms with Gasteiger partial charge in [-0.3, -0.25) is 4.79 Å². The topological polar surface area (TPSA) is 74.7 Å². The van der Waals surface area contributed by atoms with Crippen LogP contribution in [0.3, 0.4) is 0 Å². The molecule has 2 heterocycles. The third kappa shape index (κ3) is 3.88. The largest absolute Gasteiger partial charge is 0.497 e. The van der Waals surface area contributed by atoms with Crippen LogP contribution in [0, 0.1) is 0 Å². The summed E-state index contributed by atoms with van der Waals surface area (Å²) < 4.78 is 21.9. The summed E-state index contributed by atoms with van der Waals surface area (Å²) in [7, 11) is 1.60. The summed E-state index contributed by atoms with van der Waals surface area (Å²) in [5, 5.41) is 3.21. The number of ether oxygens (including phenoxy) is 2. The Morgan fingerprint density at radius 2 is 1.90 bits per heavy atom. The number of carbonyl (C=O) groups excluding carboxylic acids is 1. The molecule has 0 aliphatic rings. The molecule has 154 valence electrons. The van der Waals surface area contributed by atoms with Crippen molar-refractivity contribution in [3.8, 4) is 17.2 Å². The number of esters is 1. The molecule has 0 aliphatic heterocycles. The first-order valence-corrected chi connectivity index (χ1v) is 9.84. The van der Waals surface area contributed by atoms with Crippen LogP contribution in [0.25, 0.3) is 33.2 Å². The normalized spacial score (nSPS) is 11.1. The lowest BCUT2D eigenvalue weighted by Crippen LogP contribution is -2.07. The number of fused-ring (bicyclic) bond motifs is 3. The van der Waals surface area contributed by atoms with Crippen molar-refractivity contribution < 1.29 is 23.1 Å². The number of furan rings is 1. The first-order valence-electron chi connectivity index (χ1n) is 9.84. The van der Waals surface area contributed by atoms with Crippen LogP contribution < -0.4 is 4.74 Å². The van der Waals surface area contributed by atoms with Gasteiger partial charge < -0.3 is 18.3 Å². The zero-order valence-electron chi connectivity index (χ0n) is 16.8. The smallest absolute Gasteiger partial charge is 0.313 e. The molecule has 6 heteroatoms. The van der Waals surface area contributed by atoms with Crippen molar-refractivity contribution in [2.45, 2.75) is 13.0 Å². The van der Waals surface area contributed by atoms with Crippen LogP contribution in [0.1, 0.15) is 11.5 Å². The Morgan fingerprint density at radius 3 is 2.81 bits per heavy atom. The van der Waals surface area contributed by atoms with Gasteiger partial charge in [-0.25, -0.2) is 4.98 Å². The minimum atomic E-state index is -0.394. The summed E-state index contributed by atoms with van der Waals surface area (Å²) in [4.78, 5) is 16.7. The lowest BCUT2D eigenvalue weighted by atomic mass is 10.1. The van der Waals surface area contributed by atoms with Gasteiger partial charge in [0.05, 0.1) is 7.11 Å². The minimum Gasteiger partial charge on any atom is -0.497 e. The third-order valence-electron chi connectivity index (χ3n) is 5.05. The number of nitrogens with zero attached hydrogens (tertiary/aromatic N) is 1. The summed E-state index contributed by atoms with van der Waals surface area (Å²) in [6, 6.07) is 21.3. The number of hydrogen-bond donors (Lipinski definition) is 0. The first-order chi connectivity index (χ1) is 15.2. The molecule has 0 fully saturated rings. The van der Waals surface area contributed by atoms with E-state index in [0.29, 0.717) is 23.1 Å². The van der Waals surface area contributed by atoms with Gasteiger partial charge in [-0.1, -0.05) is 36.4 Å². The van der Waals surface area contributed by atoms with E-state index in [1.54, 1.807) is 7.11 Å². The van der Waals surface area contributed by atoms with E-state index in [4.69, 9.17) is 18.3 Å². The summed E-state index contributed by atoms with van der Waals surface area (Å²) in [5.41, 5.74) is 2.06. The zero-order valence-corrected chi connectivity index (χ0v) is 16.8. The molecular weight excluding hydrogens is 394 g/mol. The molecule has 0 atom stereocenters. The Balaban J connectivity index is 1.25. The van der Waals surface area contributed by atoms with Crippen molar-refractivity contribution in [1.29, 1.82) is 0 Å². The molecule has 31 heavy (non-hydrogen) atoms. The molecule has 3 aromatic carbocycles. The molecule has 0 amide bonds. The van der Waals surface area contributed by atoms with E-state index in [2.05, 4.69) is 4.98 Å². The van der Waals surface area contributed by atoms with Gasteiger partial charge >= 0.3 is 5.97 Å². The lowest BCUT2D eigenvalue weighted by molar-refractivity contribution is -0.144. The monoisotopic (exact) mass is 413 g/mol. The fourth-order valence-electron chi connectivity index (χ4n) is 3.54. The van der Waals surface area contributed by atoms with Crippen molar-refractivity contribution in [1.82, 2.24) is 4.98 Å². The SMILES string of the molecule is COc1cccc(-c2nc(COC(=O)Cc3cc4c(ccc5ccccc54)o3)co2)c1. The van der Waals surface area contributed by atoms with Gasteiger partial charge in [0.25, 0.3) is 0 Å². The fraction of sp³-hybridized carbons (Fsp3) is 0.120. The molecule has 0 unspecified atom stereocenters. The highest BCUT2D eigenvalue weighted by Gasteiger charge is 2.14. The predicted octanol–water partition coefficient (Wildman–Crippen LogP) is 5.54. The maximum absolute atomic E-state index is 12.3. The van der Waals surface area contributed by atoms with Crippen molar-refractivity contribution in [2.75, 3.05) is 7.11 Å². The summed E-state index contributed by atoms with van der Waals surface area (Å²) in [5.74, 6) is 1.32. The van der Waals surface area contributed by atoms with Crippen LogP contribution in [0.4, 0.5) is 0 Å². The predicted molar refractivity (Wildman–Crippen MR) is 116 cm³/mol. The molecule has 0 saturated heterocycles. The summed E-state index contributed by atoms with van der Waals surface area (Å²) >= 11 is 0. The molecule has 0 spiro atoms. The second-order valence-electron chi connectivity index (χ2n) is 7.12. The van der Waals surface area contributed by atoms with Crippen molar-refractivity contribution in [3.05, 3.63) is 84.4 Å². The van der Waals surface area contributed by atoms with Crippen LogP contribution in [-0.4, -0.2) is 18.1 Å². The number of rotatable bonds is 6. The highest BCUT2D eigenvalue weighted by atomic mass is 16.5. The average Bonchev–Trinajstić information content (AvgIpc) is 3.44. The Morgan fingerprint density at radius 1 is 1.00 bits per heavy atom. The van der Waals surface area contributed by atoms with Crippen molar-refractivity contribution in [2.24, 2.45) is 0 Å². The minimum absolute atomic E-state index is 0.0233. The Kier molecular flexibility index (Phi) is 4.88. The molecule has 0 N–H and O–H groups in total. The summed E-state index contributed by atoms with van der Waals surface area (Å²) in [6.45, 7) is 0.0233. The van der Waals surface area contributed by atoms with Gasteiger partial charge in [0.1, 0.15) is 42.1 Å². The van der Waals surface area contributed by atoms with E-state index in [1.807, 2.05) is 66.7 Å². The van der Waals surface area contributed by atoms with Crippen LogP contribution in [-0.2, 0) is 22.6 Å². The van der Waals surface area contributed by atoms with Gasteiger partial charge in [0.15, 0.2) is 0 Å². The number of hydrogen-bond acceptors (Lipinski definition) is 6. The first kappa shape index (κ1) is 18.9. The van der Waals surface area contributed by atoms with Crippen molar-refractivity contribution >= 4 is 27.7 Å². The van der Waals surface area contributed by atoms with E-state index in [1.165, 1.54) is 6.26 Å². The molecule has 0 bridgehead atoms. The Hall–Kier alpha value is -4.06. The quantitative estimate of drug-likeness (QED) is 0.341. The lowest BCUT2D eigenvalue weighted by Gasteiger charge is -2.01. The molecule has 5 aromatic rings.